The van der Waals surface area contributed by atoms with Crippen molar-refractivity contribution in [3.63, 3.8) is 0 Å². The predicted molar refractivity (Wildman–Crippen MR) is 87.0 cm³/mol. The fourth-order valence-corrected chi connectivity index (χ4v) is 1.90. The number of nitrogens with one attached hydrogen (secondary N) is 1. The van der Waals surface area contributed by atoms with Gasteiger partial charge in [-0.25, -0.2) is 0 Å². The molecule has 0 atom stereocenters. The molecule has 2 amide bonds. The van der Waals surface area contributed by atoms with E-state index in [9.17, 15) is 9.59 Å². The van der Waals surface area contributed by atoms with Crippen molar-refractivity contribution in [2.24, 2.45) is 5.41 Å². The van der Waals surface area contributed by atoms with Crippen molar-refractivity contribution in [1.82, 2.24) is 15.2 Å². The quantitative estimate of drug-likeness (QED) is 0.832. The summed E-state index contributed by atoms with van der Waals surface area (Å²) in [7, 11) is 0. The van der Waals surface area contributed by atoms with Gasteiger partial charge in [0, 0.05) is 43.9 Å². The topological polar surface area (TPSA) is 86.1 Å². The van der Waals surface area contributed by atoms with Gasteiger partial charge in [0.2, 0.25) is 11.8 Å². The van der Waals surface area contributed by atoms with Crippen molar-refractivity contribution >= 4 is 11.8 Å². The summed E-state index contributed by atoms with van der Waals surface area (Å²) in [6.07, 6.45) is 3.87. The third kappa shape index (κ3) is 6.92. The van der Waals surface area contributed by atoms with Gasteiger partial charge in [0.05, 0.1) is 12.5 Å². The fraction of sp³-hybridized carbons (Fsp3) is 0.529. The zero-order valence-corrected chi connectivity index (χ0v) is 14.0. The fourth-order valence-electron chi connectivity index (χ4n) is 1.90. The van der Waals surface area contributed by atoms with Crippen LogP contribution < -0.4 is 5.32 Å². The van der Waals surface area contributed by atoms with Crippen LogP contribution in [0.5, 0.6) is 0 Å². The maximum absolute atomic E-state index is 12.3. The molecule has 0 spiro atoms. The van der Waals surface area contributed by atoms with Crippen LogP contribution in [0.25, 0.3) is 0 Å². The number of nitrogens with zero attached hydrogens (tertiary/aromatic N) is 3. The number of rotatable bonds is 7. The number of pyridine rings is 1. The SMILES string of the molecule is CC(C)(C)C(=O)NCCC(=O)N(CCC#N)Cc1cccnc1. The van der Waals surface area contributed by atoms with Crippen molar-refractivity contribution in [2.75, 3.05) is 13.1 Å². The largest absolute Gasteiger partial charge is 0.355 e. The lowest BCUT2D eigenvalue weighted by atomic mass is 9.96. The van der Waals surface area contributed by atoms with Gasteiger partial charge in [0.25, 0.3) is 0 Å². The Morgan fingerprint density at radius 2 is 2.13 bits per heavy atom. The van der Waals surface area contributed by atoms with Crippen LogP contribution in [-0.2, 0) is 16.1 Å². The summed E-state index contributed by atoms with van der Waals surface area (Å²) in [4.78, 5) is 29.8. The van der Waals surface area contributed by atoms with E-state index in [2.05, 4.69) is 16.4 Å². The molecule has 1 rings (SSSR count). The third-order valence-electron chi connectivity index (χ3n) is 3.25. The first-order valence-electron chi connectivity index (χ1n) is 7.66. The van der Waals surface area contributed by atoms with Crippen LogP contribution in [0.1, 0.15) is 39.2 Å². The number of hydrogen-bond acceptors (Lipinski definition) is 4. The number of aromatic nitrogens is 1. The van der Waals surface area contributed by atoms with Crippen molar-refractivity contribution in [3.8, 4) is 6.07 Å². The number of hydrogen-bond donors (Lipinski definition) is 1. The van der Waals surface area contributed by atoms with Crippen LogP contribution in [0.2, 0.25) is 0 Å². The minimum Gasteiger partial charge on any atom is -0.355 e. The molecule has 124 valence electrons. The minimum atomic E-state index is -0.473. The predicted octanol–water partition coefficient (Wildman–Crippen LogP) is 1.88. The molecule has 0 saturated carbocycles. The second-order valence-corrected chi connectivity index (χ2v) is 6.34. The summed E-state index contributed by atoms with van der Waals surface area (Å²) >= 11 is 0. The molecule has 0 aliphatic rings. The second-order valence-electron chi connectivity index (χ2n) is 6.34. The lowest BCUT2D eigenvalue weighted by molar-refractivity contribution is -0.132. The van der Waals surface area contributed by atoms with Gasteiger partial charge in [-0.2, -0.15) is 5.26 Å². The van der Waals surface area contributed by atoms with E-state index in [4.69, 9.17) is 5.26 Å². The summed E-state index contributed by atoms with van der Waals surface area (Å²) < 4.78 is 0. The van der Waals surface area contributed by atoms with Crippen molar-refractivity contribution in [1.29, 1.82) is 5.26 Å². The first-order valence-corrected chi connectivity index (χ1v) is 7.66. The molecule has 1 aromatic heterocycles. The Morgan fingerprint density at radius 1 is 1.39 bits per heavy atom. The van der Waals surface area contributed by atoms with E-state index in [1.54, 1.807) is 17.3 Å². The summed E-state index contributed by atoms with van der Waals surface area (Å²) in [5.74, 6) is -0.167. The lowest BCUT2D eigenvalue weighted by Gasteiger charge is -2.22. The van der Waals surface area contributed by atoms with Crippen molar-refractivity contribution in [2.45, 2.75) is 40.2 Å². The van der Waals surface area contributed by atoms with Crippen LogP contribution in [-0.4, -0.2) is 34.8 Å². The Morgan fingerprint density at radius 3 is 2.70 bits per heavy atom. The molecule has 0 saturated heterocycles. The van der Waals surface area contributed by atoms with E-state index in [0.717, 1.165) is 5.56 Å². The van der Waals surface area contributed by atoms with Gasteiger partial charge in [0.1, 0.15) is 0 Å². The molecule has 6 nitrogen and oxygen atoms in total. The van der Waals surface area contributed by atoms with Crippen LogP contribution in [0.15, 0.2) is 24.5 Å². The average Bonchev–Trinajstić information content (AvgIpc) is 2.51. The maximum atomic E-state index is 12.3. The number of carbonyl (C=O) groups excluding carboxylic acids is 2. The number of nitriles is 1. The molecule has 23 heavy (non-hydrogen) atoms. The minimum absolute atomic E-state index is 0.0823. The van der Waals surface area contributed by atoms with Gasteiger partial charge in [-0.15, -0.1) is 0 Å². The molecular formula is C17H24N4O2. The third-order valence-corrected chi connectivity index (χ3v) is 3.25. The Bertz CT molecular complexity index is 558. The Kier molecular flexibility index (Phi) is 7.20. The highest BCUT2D eigenvalue weighted by Gasteiger charge is 2.21. The summed E-state index contributed by atoms with van der Waals surface area (Å²) in [6, 6.07) is 5.76. The van der Waals surface area contributed by atoms with Gasteiger partial charge in [-0.05, 0) is 11.6 Å². The van der Waals surface area contributed by atoms with Gasteiger partial charge in [0.15, 0.2) is 0 Å². The first kappa shape index (κ1) is 18.6. The molecular weight excluding hydrogens is 292 g/mol. The van der Waals surface area contributed by atoms with Crippen molar-refractivity contribution < 1.29 is 9.59 Å². The molecule has 0 unspecified atom stereocenters. The normalized spacial score (nSPS) is 10.7. The highest BCUT2D eigenvalue weighted by molar-refractivity contribution is 5.82. The number of amides is 2. The van der Waals surface area contributed by atoms with Crippen LogP contribution in [0.4, 0.5) is 0 Å². The average molecular weight is 316 g/mol. The molecule has 0 aromatic carbocycles. The van der Waals surface area contributed by atoms with Gasteiger partial charge < -0.3 is 10.2 Å². The molecule has 0 bridgehead atoms. The standard InChI is InChI=1S/C17H24N4O2/c1-17(2,3)16(23)20-10-7-15(22)21(11-5-8-18)13-14-6-4-9-19-12-14/h4,6,9,12H,5,7,10-11,13H2,1-3H3,(H,20,23). The van der Waals surface area contributed by atoms with Gasteiger partial charge >= 0.3 is 0 Å². The first-order chi connectivity index (χ1) is 10.8. The summed E-state index contributed by atoms with van der Waals surface area (Å²) in [6.45, 7) is 6.56. The Balaban J connectivity index is 2.55. The van der Waals surface area contributed by atoms with Gasteiger partial charge in [-0.1, -0.05) is 26.8 Å². The molecule has 1 aromatic rings. The monoisotopic (exact) mass is 316 g/mol. The lowest BCUT2D eigenvalue weighted by Crippen LogP contribution is -2.38. The van der Waals surface area contributed by atoms with Crippen LogP contribution >= 0.6 is 0 Å². The number of carbonyl (C=O) groups is 2. The molecule has 0 aliphatic heterocycles. The second kappa shape index (κ2) is 8.89. The zero-order valence-electron chi connectivity index (χ0n) is 14.0. The van der Waals surface area contributed by atoms with Crippen molar-refractivity contribution in [3.05, 3.63) is 30.1 Å². The summed E-state index contributed by atoms with van der Waals surface area (Å²) in [5, 5.41) is 11.5. The molecule has 0 aliphatic carbocycles. The van der Waals surface area contributed by atoms with E-state index < -0.39 is 5.41 Å². The molecule has 0 fully saturated rings. The Hall–Kier alpha value is -2.42. The van der Waals surface area contributed by atoms with E-state index in [1.807, 2.05) is 32.9 Å². The van der Waals surface area contributed by atoms with E-state index in [1.165, 1.54) is 0 Å². The Labute approximate surface area is 137 Å². The molecule has 1 N–H and O–H groups in total. The molecule has 1 heterocycles. The molecule has 0 radical (unpaired) electrons. The van der Waals surface area contributed by atoms with E-state index >= 15 is 0 Å². The van der Waals surface area contributed by atoms with Crippen LogP contribution in [0.3, 0.4) is 0 Å². The van der Waals surface area contributed by atoms with E-state index in [-0.39, 0.29) is 24.7 Å². The zero-order chi connectivity index (χ0) is 17.3. The van der Waals surface area contributed by atoms with Crippen LogP contribution in [0, 0.1) is 16.7 Å². The maximum Gasteiger partial charge on any atom is 0.225 e. The highest BCUT2D eigenvalue weighted by Crippen LogP contribution is 2.12. The van der Waals surface area contributed by atoms with E-state index in [0.29, 0.717) is 19.6 Å². The summed E-state index contributed by atoms with van der Waals surface area (Å²) in [5.41, 5.74) is 0.441. The highest BCUT2D eigenvalue weighted by atomic mass is 16.2. The smallest absolute Gasteiger partial charge is 0.225 e. The van der Waals surface area contributed by atoms with Gasteiger partial charge in [-0.3, -0.25) is 14.6 Å². The molecule has 6 heteroatoms.